The molecule has 0 aliphatic carbocycles. The molecule has 0 atom stereocenters. The van der Waals surface area contributed by atoms with E-state index in [0.717, 1.165) is 0 Å². The van der Waals surface area contributed by atoms with Crippen molar-refractivity contribution in [3.05, 3.63) is 63.9 Å². The average molecular weight is 401 g/mol. The smallest absolute Gasteiger partial charge is 0.323 e. The highest BCUT2D eigenvalue weighted by Gasteiger charge is 2.16. The Kier molecular flexibility index (Phi) is 4.84. The molecular formula is C17H9Cl2F3N2O2. The van der Waals surface area contributed by atoms with Crippen LogP contribution in [-0.4, -0.2) is 11.1 Å². The van der Waals surface area contributed by atoms with E-state index in [0.29, 0.717) is 27.9 Å². The van der Waals surface area contributed by atoms with Crippen molar-refractivity contribution in [2.24, 2.45) is 0 Å². The highest BCUT2D eigenvalue weighted by Crippen LogP contribution is 2.38. The summed E-state index contributed by atoms with van der Waals surface area (Å²) in [5.41, 5.74) is -0.457. The van der Waals surface area contributed by atoms with E-state index in [9.17, 15) is 23.1 Å². The molecule has 134 valence electrons. The summed E-state index contributed by atoms with van der Waals surface area (Å²) in [7, 11) is 0. The summed E-state index contributed by atoms with van der Waals surface area (Å²) in [5.74, 6) is -3.94. The number of phenols is 1. The van der Waals surface area contributed by atoms with Gasteiger partial charge in [-0.25, -0.2) is 18.0 Å². The number of phenolic OH excluding ortho intramolecular Hbond substituents is 1. The van der Waals surface area contributed by atoms with Crippen molar-refractivity contribution in [3.63, 3.8) is 0 Å². The monoisotopic (exact) mass is 400 g/mol. The molecule has 0 unspecified atom stereocenters. The number of carbonyl (C=O) groups is 1. The Morgan fingerprint density at radius 3 is 2.27 bits per heavy atom. The maximum Gasteiger partial charge on any atom is 0.323 e. The van der Waals surface area contributed by atoms with Crippen LogP contribution in [0.3, 0.4) is 0 Å². The fourth-order valence-corrected chi connectivity index (χ4v) is 2.94. The van der Waals surface area contributed by atoms with Gasteiger partial charge >= 0.3 is 6.03 Å². The summed E-state index contributed by atoms with van der Waals surface area (Å²) in [4.78, 5) is 12.1. The molecule has 0 bridgehead atoms. The molecule has 0 saturated heterocycles. The molecule has 0 radical (unpaired) electrons. The lowest BCUT2D eigenvalue weighted by atomic mass is 10.1. The van der Waals surface area contributed by atoms with Crippen molar-refractivity contribution in [1.29, 1.82) is 0 Å². The number of fused-ring (bicyclic) bond motifs is 1. The Morgan fingerprint density at radius 1 is 0.846 bits per heavy atom. The first-order chi connectivity index (χ1) is 12.3. The number of hydrogen-bond donors (Lipinski definition) is 3. The highest BCUT2D eigenvalue weighted by molar-refractivity contribution is 6.41. The largest absolute Gasteiger partial charge is 0.508 e. The first-order valence-electron chi connectivity index (χ1n) is 7.09. The van der Waals surface area contributed by atoms with E-state index in [1.165, 1.54) is 24.3 Å². The molecule has 0 spiro atoms. The molecule has 2 amide bonds. The van der Waals surface area contributed by atoms with Crippen LogP contribution < -0.4 is 10.6 Å². The van der Waals surface area contributed by atoms with Gasteiger partial charge < -0.3 is 15.7 Å². The van der Waals surface area contributed by atoms with Crippen LogP contribution in [-0.2, 0) is 0 Å². The molecule has 3 rings (SSSR count). The lowest BCUT2D eigenvalue weighted by Crippen LogP contribution is -2.20. The minimum atomic E-state index is -1.38. The Morgan fingerprint density at radius 2 is 1.54 bits per heavy atom. The first-order valence-corrected chi connectivity index (χ1v) is 7.85. The number of urea groups is 1. The Balaban J connectivity index is 1.95. The van der Waals surface area contributed by atoms with Crippen molar-refractivity contribution in [2.45, 2.75) is 0 Å². The molecule has 9 heteroatoms. The molecule has 0 aliphatic rings. The minimum absolute atomic E-state index is 0.0639. The normalized spacial score (nSPS) is 10.8. The fraction of sp³-hybridized carbons (Fsp3) is 0. The van der Waals surface area contributed by atoms with E-state index in [4.69, 9.17) is 23.2 Å². The molecule has 26 heavy (non-hydrogen) atoms. The minimum Gasteiger partial charge on any atom is -0.508 e. The van der Waals surface area contributed by atoms with Crippen LogP contribution >= 0.6 is 23.2 Å². The van der Waals surface area contributed by atoms with Gasteiger partial charge in [-0.3, -0.25) is 0 Å². The Labute approximate surface area is 155 Å². The number of nitrogens with one attached hydrogen (secondary N) is 2. The standard InChI is InChI=1S/C17H9Cl2F3N2O2/c18-10-4-11(19)16(9-3-7(25)1-2-8(9)10)24-17(26)23-15-6-13(21)12(20)5-14(15)22/h1-6,25H,(H2,23,24,26). The summed E-state index contributed by atoms with van der Waals surface area (Å²) < 4.78 is 39.8. The molecular weight excluding hydrogens is 392 g/mol. The predicted molar refractivity (Wildman–Crippen MR) is 94.6 cm³/mol. The summed E-state index contributed by atoms with van der Waals surface area (Å²) in [5, 5.41) is 15.3. The zero-order chi connectivity index (χ0) is 19.0. The zero-order valence-electron chi connectivity index (χ0n) is 12.7. The van der Waals surface area contributed by atoms with Crippen LogP contribution in [0.2, 0.25) is 10.0 Å². The van der Waals surface area contributed by atoms with Crippen LogP contribution in [0, 0.1) is 17.5 Å². The molecule has 0 saturated carbocycles. The second-order valence-electron chi connectivity index (χ2n) is 5.27. The molecule has 0 heterocycles. The molecule has 3 aromatic carbocycles. The van der Waals surface area contributed by atoms with Gasteiger partial charge in [0.05, 0.1) is 21.4 Å². The van der Waals surface area contributed by atoms with E-state index in [-0.39, 0.29) is 16.5 Å². The number of amides is 2. The molecule has 3 N–H and O–H groups in total. The highest BCUT2D eigenvalue weighted by atomic mass is 35.5. The van der Waals surface area contributed by atoms with E-state index < -0.39 is 29.2 Å². The Hall–Kier alpha value is -2.64. The topological polar surface area (TPSA) is 61.4 Å². The van der Waals surface area contributed by atoms with E-state index in [1.807, 2.05) is 0 Å². The second-order valence-corrected chi connectivity index (χ2v) is 6.08. The van der Waals surface area contributed by atoms with Gasteiger partial charge in [0.25, 0.3) is 0 Å². The van der Waals surface area contributed by atoms with Gasteiger partial charge in [0.15, 0.2) is 11.6 Å². The van der Waals surface area contributed by atoms with Gasteiger partial charge in [0.1, 0.15) is 11.6 Å². The number of hydrogen-bond acceptors (Lipinski definition) is 2. The maximum atomic E-state index is 13.6. The lowest BCUT2D eigenvalue weighted by molar-refractivity contribution is 0.262. The number of rotatable bonds is 2. The summed E-state index contributed by atoms with van der Waals surface area (Å²) in [6, 6.07) is 5.52. The van der Waals surface area contributed by atoms with E-state index in [2.05, 4.69) is 10.6 Å². The van der Waals surface area contributed by atoms with Gasteiger partial charge in [-0.05, 0) is 24.3 Å². The van der Waals surface area contributed by atoms with Gasteiger partial charge in [0, 0.05) is 22.9 Å². The van der Waals surface area contributed by atoms with E-state index >= 15 is 0 Å². The predicted octanol–water partition coefficient (Wildman–Crippen LogP) is 5.91. The second kappa shape index (κ2) is 6.93. The van der Waals surface area contributed by atoms with Crippen LogP contribution in [0.4, 0.5) is 29.3 Å². The van der Waals surface area contributed by atoms with Crippen molar-refractivity contribution in [1.82, 2.24) is 0 Å². The fourth-order valence-electron chi connectivity index (χ4n) is 2.35. The van der Waals surface area contributed by atoms with E-state index in [1.54, 1.807) is 0 Å². The third-order valence-corrected chi connectivity index (χ3v) is 4.13. The SMILES string of the molecule is O=C(Nc1cc(F)c(F)cc1F)Nc1c(Cl)cc(Cl)c2ccc(O)cc12. The first kappa shape index (κ1) is 18.2. The number of benzene rings is 3. The van der Waals surface area contributed by atoms with Crippen LogP contribution in [0.25, 0.3) is 10.8 Å². The molecule has 4 nitrogen and oxygen atoms in total. The maximum absolute atomic E-state index is 13.6. The van der Waals surface area contributed by atoms with Crippen LogP contribution in [0.15, 0.2) is 36.4 Å². The zero-order valence-corrected chi connectivity index (χ0v) is 14.2. The molecule has 0 aromatic heterocycles. The number of aromatic hydroxyl groups is 1. The van der Waals surface area contributed by atoms with Gasteiger partial charge in [-0.1, -0.05) is 23.2 Å². The molecule has 0 aliphatic heterocycles. The summed E-state index contributed by atoms with van der Waals surface area (Å²) >= 11 is 12.2. The lowest BCUT2D eigenvalue weighted by Gasteiger charge is -2.14. The van der Waals surface area contributed by atoms with Gasteiger partial charge in [0.2, 0.25) is 0 Å². The quantitative estimate of drug-likeness (QED) is 0.468. The number of halogens is 5. The van der Waals surface area contributed by atoms with Crippen molar-refractivity contribution < 1.29 is 23.1 Å². The van der Waals surface area contributed by atoms with Crippen molar-refractivity contribution in [3.8, 4) is 5.75 Å². The van der Waals surface area contributed by atoms with Crippen LogP contribution in [0.5, 0.6) is 5.75 Å². The van der Waals surface area contributed by atoms with Crippen molar-refractivity contribution >= 4 is 51.4 Å². The number of carbonyl (C=O) groups excluding carboxylic acids is 1. The number of anilines is 2. The summed E-state index contributed by atoms with van der Waals surface area (Å²) in [6.45, 7) is 0. The summed E-state index contributed by atoms with van der Waals surface area (Å²) in [6.07, 6.45) is 0. The molecule has 3 aromatic rings. The Bertz CT molecular complexity index is 1040. The third-order valence-electron chi connectivity index (χ3n) is 3.52. The average Bonchev–Trinajstić information content (AvgIpc) is 2.56. The third kappa shape index (κ3) is 3.49. The van der Waals surface area contributed by atoms with Crippen molar-refractivity contribution in [2.75, 3.05) is 10.6 Å². The van der Waals surface area contributed by atoms with Crippen LogP contribution in [0.1, 0.15) is 0 Å². The molecule has 0 fully saturated rings. The van der Waals surface area contributed by atoms with Gasteiger partial charge in [-0.15, -0.1) is 0 Å². The van der Waals surface area contributed by atoms with Gasteiger partial charge in [-0.2, -0.15) is 0 Å².